The molecule has 0 bridgehead atoms. The lowest BCUT2D eigenvalue weighted by atomic mass is 9.68. The molecular weight excluding hydrogens is 436 g/mol. The molecule has 8 N–H and O–H groups in total. The molecule has 31 heavy (non-hydrogen) atoms. The largest absolute Gasteiger partial charge is 0.387 e. The van der Waals surface area contributed by atoms with Gasteiger partial charge in [0.05, 0.1) is 0 Å². The Labute approximate surface area is 172 Å². The van der Waals surface area contributed by atoms with Gasteiger partial charge >= 0.3 is 23.9 Å². The molecule has 1 fully saturated rings. The van der Waals surface area contributed by atoms with Crippen LogP contribution < -0.4 is 0 Å². The zero-order valence-corrected chi connectivity index (χ0v) is 16.0. The van der Waals surface area contributed by atoms with Crippen LogP contribution in [0.4, 0.5) is 0 Å². The Morgan fingerprint density at radius 3 is 1.23 bits per heavy atom. The maximum Gasteiger partial charge on any atom is 0.383 e. The van der Waals surface area contributed by atoms with Crippen LogP contribution in [0.25, 0.3) is 0 Å². The summed E-state index contributed by atoms with van der Waals surface area (Å²) >= 11 is 0. The standard InChI is InChI=1S/C15H22O16/c1-3(16)11(23)28-30-13(25)5(14(26)31-29-12(24)4(2)17)15(27)9(21)7(19)6(18)8(20)10(15)22/h3-10,16-22,27H,1-2H3/t3?,4?,5?,6?,7-,8+,9-,10-,15?/m1/s1. The van der Waals surface area contributed by atoms with Crippen LogP contribution in [-0.4, -0.2) is 113 Å². The van der Waals surface area contributed by atoms with Crippen LogP contribution in [0.15, 0.2) is 0 Å². The van der Waals surface area contributed by atoms with Crippen LogP contribution in [-0.2, 0) is 38.7 Å². The second kappa shape index (κ2) is 10.2. The Hall–Kier alpha value is -2.44. The second-order valence-corrected chi connectivity index (χ2v) is 6.64. The minimum atomic E-state index is -3.57. The normalized spacial score (nSPS) is 33.4. The van der Waals surface area contributed by atoms with E-state index in [0.717, 1.165) is 13.8 Å². The van der Waals surface area contributed by atoms with Crippen molar-refractivity contribution in [2.45, 2.75) is 62.2 Å². The molecule has 8 atom stereocenters. The van der Waals surface area contributed by atoms with Gasteiger partial charge in [0.1, 0.15) is 36.1 Å². The topological polar surface area (TPSA) is 267 Å². The van der Waals surface area contributed by atoms with E-state index in [4.69, 9.17) is 10.2 Å². The number of rotatable bonds is 5. The van der Waals surface area contributed by atoms with Crippen LogP contribution in [0.3, 0.4) is 0 Å². The zero-order chi connectivity index (χ0) is 24.3. The number of carbonyl (C=O) groups excluding carboxylic acids is 4. The molecule has 16 heteroatoms. The van der Waals surface area contributed by atoms with E-state index in [-0.39, 0.29) is 0 Å². The summed E-state index contributed by atoms with van der Waals surface area (Å²) in [6, 6.07) is 0. The average Bonchev–Trinajstić information content (AvgIpc) is 2.71. The van der Waals surface area contributed by atoms with Gasteiger partial charge in [-0.1, -0.05) is 0 Å². The Morgan fingerprint density at radius 1 is 0.645 bits per heavy atom. The van der Waals surface area contributed by atoms with Crippen molar-refractivity contribution in [1.29, 1.82) is 0 Å². The molecule has 16 nitrogen and oxygen atoms in total. The number of aliphatic hydroxyl groups is 8. The van der Waals surface area contributed by atoms with Gasteiger partial charge in [-0.05, 0) is 13.8 Å². The minimum Gasteiger partial charge on any atom is -0.387 e. The van der Waals surface area contributed by atoms with Crippen LogP contribution in [0.1, 0.15) is 13.8 Å². The fourth-order valence-corrected chi connectivity index (χ4v) is 2.51. The summed E-state index contributed by atoms with van der Waals surface area (Å²) in [5, 5.41) is 78.1. The summed E-state index contributed by atoms with van der Waals surface area (Å²) < 4.78 is 0. The third-order valence-electron chi connectivity index (χ3n) is 4.32. The van der Waals surface area contributed by atoms with E-state index in [1.807, 2.05) is 0 Å². The van der Waals surface area contributed by atoms with Crippen LogP contribution >= 0.6 is 0 Å². The summed E-state index contributed by atoms with van der Waals surface area (Å²) in [4.78, 5) is 62.8. The van der Waals surface area contributed by atoms with Crippen molar-refractivity contribution in [2.75, 3.05) is 0 Å². The zero-order valence-electron chi connectivity index (χ0n) is 16.0. The minimum absolute atomic E-state index is 0.897. The predicted octanol–water partition coefficient (Wildman–Crippen LogP) is -6.08. The Balaban J connectivity index is 3.30. The lowest BCUT2D eigenvalue weighted by molar-refractivity contribution is -0.310. The fourth-order valence-electron chi connectivity index (χ4n) is 2.51. The van der Waals surface area contributed by atoms with Crippen molar-refractivity contribution in [3.8, 4) is 0 Å². The van der Waals surface area contributed by atoms with Gasteiger partial charge in [0, 0.05) is 0 Å². The van der Waals surface area contributed by atoms with Crippen molar-refractivity contribution in [1.82, 2.24) is 0 Å². The highest BCUT2D eigenvalue weighted by atomic mass is 17.2. The third kappa shape index (κ3) is 5.43. The molecule has 0 aromatic heterocycles. The summed E-state index contributed by atoms with van der Waals surface area (Å²) in [6.07, 6.45) is -16.2. The fraction of sp³-hybridized carbons (Fsp3) is 0.733. The second-order valence-electron chi connectivity index (χ2n) is 6.64. The molecule has 4 unspecified atom stereocenters. The highest BCUT2D eigenvalue weighted by Gasteiger charge is 2.66. The van der Waals surface area contributed by atoms with E-state index in [2.05, 4.69) is 19.6 Å². The Bertz CT molecular complexity index is 637. The van der Waals surface area contributed by atoms with Gasteiger partial charge in [-0.2, -0.15) is 0 Å². The third-order valence-corrected chi connectivity index (χ3v) is 4.32. The molecule has 0 spiro atoms. The quantitative estimate of drug-likeness (QED) is 0.108. The van der Waals surface area contributed by atoms with E-state index < -0.39 is 78.1 Å². The van der Waals surface area contributed by atoms with Crippen LogP contribution in [0.5, 0.6) is 0 Å². The first-order valence-electron chi connectivity index (χ1n) is 8.51. The lowest BCUT2D eigenvalue weighted by Crippen LogP contribution is -2.75. The first kappa shape index (κ1) is 26.6. The molecule has 0 amide bonds. The van der Waals surface area contributed by atoms with Gasteiger partial charge in [0.15, 0.2) is 18.1 Å². The summed E-state index contributed by atoms with van der Waals surface area (Å²) in [7, 11) is 0. The first-order valence-corrected chi connectivity index (χ1v) is 8.51. The molecule has 1 saturated carbocycles. The molecule has 0 radical (unpaired) electrons. The first-order chi connectivity index (χ1) is 14.2. The van der Waals surface area contributed by atoms with Gasteiger partial charge in [0.2, 0.25) is 0 Å². The van der Waals surface area contributed by atoms with Crippen molar-refractivity contribution >= 4 is 23.9 Å². The molecule has 0 aliphatic heterocycles. The molecule has 0 aromatic rings. The van der Waals surface area contributed by atoms with E-state index in [1.54, 1.807) is 0 Å². The lowest BCUT2D eigenvalue weighted by Gasteiger charge is -2.48. The van der Waals surface area contributed by atoms with E-state index >= 15 is 0 Å². The molecule has 1 rings (SSSR count). The van der Waals surface area contributed by atoms with Crippen molar-refractivity contribution in [3.05, 3.63) is 0 Å². The summed E-state index contributed by atoms with van der Waals surface area (Å²) in [5.74, 6) is -10.3. The van der Waals surface area contributed by atoms with Gasteiger partial charge in [-0.3, -0.25) is 0 Å². The number of hydrogen-bond acceptors (Lipinski definition) is 16. The maximum atomic E-state index is 12.3. The SMILES string of the molecule is CC(O)C(=O)OOC(=O)C(C(=O)OOC(=O)C(C)O)C1(O)[C@H](O)[C@H](O)C(O)[C@H](O)[C@H]1O. The van der Waals surface area contributed by atoms with Crippen molar-refractivity contribution in [2.24, 2.45) is 5.92 Å². The molecule has 0 heterocycles. The molecule has 1 aliphatic rings. The molecule has 0 aromatic carbocycles. The molecule has 0 saturated heterocycles. The summed E-state index contributed by atoms with van der Waals surface area (Å²) in [5.41, 5.74) is -3.57. The predicted molar refractivity (Wildman–Crippen MR) is 86.2 cm³/mol. The van der Waals surface area contributed by atoms with Gasteiger partial charge < -0.3 is 40.9 Å². The highest BCUT2D eigenvalue weighted by Crippen LogP contribution is 2.37. The number of hydrogen-bond donors (Lipinski definition) is 8. The average molecular weight is 458 g/mol. The van der Waals surface area contributed by atoms with Gasteiger partial charge in [0.25, 0.3) is 0 Å². The Morgan fingerprint density at radius 2 is 0.935 bits per heavy atom. The molecule has 1 aliphatic carbocycles. The Kier molecular flexibility index (Phi) is 8.79. The number of aliphatic hydroxyl groups excluding tert-OH is 7. The van der Waals surface area contributed by atoms with Gasteiger partial charge in [-0.25, -0.2) is 38.7 Å². The molecule has 178 valence electrons. The van der Waals surface area contributed by atoms with Crippen molar-refractivity contribution in [3.63, 3.8) is 0 Å². The number of carbonyl (C=O) groups is 4. The molecular formula is C15H22O16. The smallest absolute Gasteiger partial charge is 0.383 e. The van der Waals surface area contributed by atoms with E-state index in [0.29, 0.717) is 0 Å². The van der Waals surface area contributed by atoms with Crippen molar-refractivity contribution < 1.29 is 79.6 Å². The van der Waals surface area contributed by atoms with E-state index in [1.165, 1.54) is 0 Å². The highest BCUT2D eigenvalue weighted by molar-refractivity contribution is 5.97. The maximum absolute atomic E-state index is 12.3. The monoisotopic (exact) mass is 458 g/mol. The van der Waals surface area contributed by atoms with E-state index in [9.17, 15) is 49.8 Å². The summed E-state index contributed by atoms with van der Waals surface area (Å²) in [6.45, 7) is 1.79. The van der Waals surface area contributed by atoms with Gasteiger partial charge in [-0.15, -0.1) is 0 Å². The van der Waals surface area contributed by atoms with Crippen LogP contribution in [0.2, 0.25) is 0 Å². The van der Waals surface area contributed by atoms with Crippen LogP contribution in [0, 0.1) is 5.92 Å².